The van der Waals surface area contributed by atoms with E-state index in [9.17, 15) is 15.0 Å². The van der Waals surface area contributed by atoms with Crippen LogP contribution in [0.25, 0.3) is 0 Å². The molecule has 2 aliphatic carbocycles. The first kappa shape index (κ1) is 29.9. The summed E-state index contributed by atoms with van der Waals surface area (Å²) >= 11 is 6.44. The molecule has 2 aromatic rings. The number of hydrogen-bond acceptors (Lipinski definition) is 6. The zero-order valence-electron chi connectivity index (χ0n) is 25.8. The molecular weight excluding hydrogens is 576 g/mol. The number of rotatable bonds is 1. The number of hydrogen-bond donors (Lipinski definition) is 2. The van der Waals surface area contributed by atoms with E-state index in [1.165, 1.54) is 17.5 Å². The lowest BCUT2D eigenvalue weighted by atomic mass is 9.67. The number of benzene rings is 2. The van der Waals surface area contributed by atoms with Crippen LogP contribution in [0, 0.1) is 17.8 Å². The molecule has 7 rings (SSSR count). The maximum absolute atomic E-state index is 12.8. The lowest BCUT2D eigenvalue weighted by molar-refractivity contribution is -0.160. The van der Waals surface area contributed by atoms with E-state index >= 15 is 0 Å². The average Bonchev–Trinajstić information content (AvgIpc) is 3.14. The molecular formula is C36H45ClN2O5. The largest absolute Gasteiger partial charge is 0.490 e. The van der Waals surface area contributed by atoms with Crippen molar-refractivity contribution >= 4 is 23.3 Å². The van der Waals surface area contributed by atoms with Gasteiger partial charge < -0.3 is 29.5 Å². The lowest BCUT2D eigenvalue weighted by Crippen LogP contribution is -2.50. The fourth-order valence-corrected chi connectivity index (χ4v) is 8.89. The summed E-state index contributed by atoms with van der Waals surface area (Å²) in [5.74, 6) is 1.03. The zero-order valence-corrected chi connectivity index (χ0v) is 26.5. The molecule has 236 valence electrons. The van der Waals surface area contributed by atoms with Crippen LogP contribution >= 0.6 is 11.6 Å². The molecule has 7 nitrogen and oxygen atoms in total. The van der Waals surface area contributed by atoms with Crippen molar-refractivity contribution in [3.63, 3.8) is 0 Å². The van der Waals surface area contributed by atoms with Gasteiger partial charge in [-0.25, -0.2) is 4.79 Å². The van der Waals surface area contributed by atoms with Crippen molar-refractivity contribution in [1.82, 2.24) is 4.90 Å². The number of halogens is 1. The maximum Gasteiger partial charge on any atom is 0.340 e. The van der Waals surface area contributed by atoms with Crippen molar-refractivity contribution < 1.29 is 24.5 Å². The minimum atomic E-state index is -2.11. The van der Waals surface area contributed by atoms with Gasteiger partial charge in [-0.2, -0.15) is 0 Å². The molecule has 2 N–H and O–H groups in total. The minimum Gasteiger partial charge on any atom is -0.490 e. The number of carboxylic acid groups (broad SMARTS) is 1. The molecule has 6 atom stereocenters. The van der Waals surface area contributed by atoms with E-state index in [4.69, 9.17) is 21.1 Å². The molecule has 2 fully saturated rings. The normalized spacial score (nSPS) is 33.8. The molecule has 4 bridgehead atoms. The van der Waals surface area contributed by atoms with Gasteiger partial charge in [0.25, 0.3) is 0 Å². The SMILES string of the molecule is C=C1C[C@](O)(C(=O)O)c2ccc3c(c2)N(C[C@@H]2CC[C@H]2[C@@H]2C[C@@H](CCO2)CCN1C)C[C@@]1(CCCc2cc(Cl)ccc21)CO3. The fraction of sp³-hybridized carbons (Fsp3) is 0.583. The van der Waals surface area contributed by atoms with Gasteiger partial charge in [0.2, 0.25) is 0 Å². The summed E-state index contributed by atoms with van der Waals surface area (Å²) in [4.78, 5) is 17.2. The van der Waals surface area contributed by atoms with Crippen molar-refractivity contribution in [2.24, 2.45) is 17.8 Å². The summed E-state index contributed by atoms with van der Waals surface area (Å²) in [5, 5.41) is 23.0. The molecule has 0 amide bonds. The molecule has 0 unspecified atom stereocenters. The van der Waals surface area contributed by atoms with Crippen molar-refractivity contribution in [2.75, 3.05) is 44.8 Å². The van der Waals surface area contributed by atoms with Crippen molar-refractivity contribution in [2.45, 2.75) is 74.9 Å². The molecule has 2 aromatic carbocycles. The maximum atomic E-state index is 12.8. The van der Waals surface area contributed by atoms with E-state index in [1.807, 2.05) is 30.1 Å². The highest BCUT2D eigenvalue weighted by Crippen LogP contribution is 2.48. The Kier molecular flexibility index (Phi) is 7.87. The summed E-state index contributed by atoms with van der Waals surface area (Å²) in [7, 11) is 1.95. The third-order valence-corrected chi connectivity index (χ3v) is 11.8. The molecule has 0 aromatic heterocycles. The van der Waals surface area contributed by atoms with E-state index < -0.39 is 11.6 Å². The number of carboxylic acids is 1. The highest BCUT2D eigenvalue weighted by Gasteiger charge is 2.46. The van der Waals surface area contributed by atoms with Gasteiger partial charge in [0.05, 0.1) is 18.4 Å². The van der Waals surface area contributed by atoms with Crippen LogP contribution < -0.4 is 9.64 Å². The van der Waals surface area contributed by atoms with Crippen LogP contribution in [0.15, 0.2) is 48.7 Å². The second-order valence-electron chi connectivity index (χ2n) is 14.2. The van der Waals surface area contributed by atoms with Crippen molar-refractivity contribution in [3.05, 3.63) is 70.4 Å². The fourth-order valence-electron chi connectivity index (χ4n) is 8.69. The average molecular weight is 621 g/mol. The first-order chi connectivity index (χ1) is 21.1. The lowest BCUT2D eigenvalue weighted by Gasteiger charge is -2.48. The minimum absolute atomic E-state index is 0.0857. The predicted octanol–water partition coefficient (Wildman–Crippen LogP) is 6.15. The van der Waals surface area contributed by atoms with Crippen LogP contribution in [0.1, 0.15) is 68.1 Å². The van der Waals surface area contributed by atoms with E-state index in [1.54, 1.807) is 6.07 Å². The second kappa shape index (κ2) is 11.6. The van der Waals surface area contributed by atoms with Crippen LogP contribution in [-0.4, -0.2) is 67.1 Å². The molecule has 8 heteroatoms. The summed E-state index contributed by atoms with van der Waals surface area (Å²) in [6.07, 6.45) is 8.73. The van der Waals surface area contributed by atoms with Gasteiger partial charge in [0, 0.05) is 55.8 Å². The van der Waals surface area contributed by atoms with E-state index in [-0.39, 0.29) is 17.9 Å². The molecule has 1 saturated carbocycles. The summed E-state index contributed by atoms with van der Waals surface area (Å²) in [6.45, 7) is 7.94. The third kappa shape index (κ3) is 5.29. The van der Waals surface area contributed by atoms with Gasteiger partial charge in [0.1, 0.15) is 5.75 Å². The van der Waals surface area contributed by atoms with Gasteiger partial charge in [-0.15, -0.1) is 0 Å². The molecule has 3 heterocycles. The van der Waals surface area contributed by atoms with Gasteiger partial charge in [-0.05, 0) is 110 Å². The first-order valence-corrected chi connectivity index (χ1v) is 16.8. The number of carbonyl (C=O) groups is 1. The number of anilines is 1. The van der Waals surface area contributed by atoms with Crippen LogP contribution in [0.2, 0.25) is 5.02 Å². The predicted molar refractivity (Wildman–Crippen MR) is 171 cm³/mol. The Morgan fingerprint density at radius 2 is 2.00 bits per heavy atom. The topological polar surface area (TPSA) is 82.5 Å². The molecule has 3 aliphatic heterocycles. The number of fused-ring (bicyclic) bond motifs is 7. The van der Waals surface area contributed by atoms with Gasteiger partial charge in [-0.1, -0.05) is 30.3 Å². The van der Waals surface area contributed by atoms with Crippen LogP contribution in [-0.2, 0) is 27.0 Å². The van der Waals surface area contributed by atoms with Crippen LogP contribution in [0.3, 0.4) is 0 Å². The van der Waals surface area contributed by atoms with Crippen LogP contribution in [0.4, 0.5) is 5.69 Å². The molecule has 5 aliphatic rings. The number of nitrogens with zero attached hydrogens (tertiary/aromatic N) is 2. The second-order valence-corrected chi connectivity index (χ2v) is 14.6. The van der Waals surface area contributed by atoms with E-state index in [0.717, 1.165) is 87.6 Å². The smallest absolute Gasteiger partial charge is 0.340 e. The quantitative estimate of drug-likeness (QED) is 0.396. The third-order valence-electron chi connectivity index (χ3n) is 11.6. The van der Waals surface area contributed by atoms with E-state index in [0.29, 0.717) is 35.6 Å². The van der Waals surface area contributed by atoms with Crippen LogP contribution in [0.5, 0.6) is 5.75 Å². The Labute approximate surface area is 265 Å². The summed E-state index contributed by atoms with van der Waals surface area (Å²) in [6, 6.07) is 11.7. The Bertz CT molecular complexity index is 1450. The summed E-state index contributed by atoms with van der Waals surface area (Å²) < 4.78 is 13.1. The highest BCUT2D eigenvalue weighted by atomic mass is 35.5. The summed E-state index contributed by atoms with van der Waals surface area (Å²) in [5.41, 5.74) is 2.10. The zero-order chi connectivity index (χ0) is 30.6. The Morgan fingerprint density at radius 1 is 1.14 bits per heavy atom. The van der Waals surface area contributed by atoms with Crippen molar-refractivity contribution in [3.8, 4) is 5.75 Å². The van der Waals surface area contributed by atoms with Gasteiger partial charge >= 0.3 is 5.97 Å². The Hall–Kier alpha value is -2.74. The van der Waals surface area contributed by atoms with Crippen molar-refractivity contribution in [1.29, 1.82) is 0 Å². The van der Waals surface area contributed by atoms with Gasteiger partial charge in [0.15, 0.2) is 5.60 Å². The number of aryl methyl sites for hydroxylation is 1. The monoisotopic (exact) mass is 620 g/mol. The molecule has 0 radical (unpaired) electrons. The number of ether oxygens (including phenoxy) is 2. The molecule has 44 heavy (non-hydrogen) atoms. The standard InChI is InChI=1S/C36H45ClN2O5/c1-23-19-36(42,34(40)41)27-6-10-32-31(18-27)39(21-35(22-44-32)13-3-4-25-17-28(37)7-9-30(25)35)20-26-5-8-29(26)33-16-24(12-15-43-33)11-14-38(23)2/h6-7,9-10,17-18,24,26,29,33,42H,1,3-5,8,11-16,19-22H2,2H3,(H,40,41)/t24-,26+,29-,33+,35+,36-/m1/s1. The molecule has 1 spiro atoms. The Morgan fingerprint density at radius 3 is 2.80 bits per heavy atom. The molecule has 1 saturated heterocycles. The number of aliphatic carboxylic acids is 1. The Balaban J connectivity index is 1.32. The first-order valence-electron chi connectivity index (χ1n) is 16.4. The van der Waals surface area contributed by atoms with E-state index in [2.05, 4.69) is 23.6 Å². The number of aliphatic hydroxyl groups is 1. The highest BCUT2D eigenvalue weighted by molar-refractivity contribution is 6.30. The van der Waals surface area contributed by atoms with Gasteiger partial charge in [-0.3, -0.25) is 0 Å².